The van der Waals surface area contributed by atoms with Crippen molar-refractivity contribution in [1.29, 1.82) is 0 Å². The Morgan fingerprint density at radius 1 is 1.32 bits per heavy atom. The van der Waals surface area contributed by atoms with Crippen LogP contribution < -0.4 is 15.2 Å². The summed E-state index contributed by atoms with van der Waals surface area (Å²) >= 11 is 1.49. The first-order valence-electron chi connectivity index (χ1n) is 9.07. The summed E-state index contributed by atoms with van der Waals surface area (Å²) in [6.07, 6.45) is 5.40. The second-order valence-electron chi connectivity index (χ2n) is 6.57. The van der Waals surface area contributed by atoms with E-state index in [-0.39, 0.29) is 5.91 Å². The monoisotopic (exact) mass is 398 g/mol. The van der Waals surface area contributed by atoms with Gasteiger partial charge in [0, 0.05) is 35.1 Å². The number of rotatable bonds is 5. The lowest BCUT2D eigenvalue weighted by Crippen LogP contribution is -2.42. The quantitative estimate of drug-likeness (QED) is 0.780. The highest BCUT2D eigenvalue weighted by atomic mass is 32.2. The molecular weight excluding hydrogens is 376 g/mol. The molecule has 1 amide bonds. The number of carbonyl (C=O) groups excluding carboxylic acids is 1. The summed E-state index contributed by atoms with van der Waals surface area (Å²) in [6.45, 7) is 7.68. The smallest absolute Gasteiger partial charge is 0.244 e. The number of amides is 1. The molecule has 3 heterocycles. The van der Waals surface area contributed by atoms with Gasteiger partial charge in [-0.2, -0.15) is 5.10 Å². The van der Waals surface area contributed by atoms with Crippen molar-refractivity contribution in [2.75, 3.05) is 13.2 Å². The maximum atomic E-state index is 12.6. The van der Waals surface area contributed by atoms with E-state index in [4.69, 9.17) is 15.2 Å². The van der Waals surface area contributed by atoms with E-state index in [1.807, 2.05) is 41.5 Å². The summed E-state index contributed by atoms with van der Waals surface area (Å²) in [5.41, 5.74) is 8.73. The van der Waals surface area contributed by atoms with Crippen molar-refractivity contribution >= 4 is 17.9 Å². The zero-order valence-electron chi connectivity index (χ0n) is 15.6. The fourth-order valence-corrected chi connectivity index (χ4v) is 4.11. The van der Waals surface area contributed by atoms with Gasteiger partial charge in [-0.1, -0.05) is 18.7 Å². The van der Waals surface area contributed by atoms with Gasteiger partial charge >= 0.3 is 0 Å². The topological polar surface area (TPSA) is 82.6 Å². The molecular formula is C20H22N4O3S. The molecule has 1 unspecified atom stereocenters. The van der Waals surface area contributed by atoms with Crippen molar-refractivity contribution in [3.05, 3.63) is 60.0 Å². The van der Waals surface area contributed by atoms with Gasteiger partial charge in [0.15, 0.2) is 11.5 Å². The van der Waals surface area contributed by atoms with Crippen LogP contribution in [0.15, 0.2) is 53.6 Å². The number of allylic oxidation sites excluding steroid dienone is 1. The second-order valence-corrected chi connectivity index (χ2v) is 7.59. The van der Waals surface area contributed by atoms with Crippen LogP contribution in [0.25, 0.3) is 0 Å². The maximum Gasteiger partial charge on any atom is 0.244 e. The first-order valence-corrected chi connectivity index (χ1v) is 9.85. The van der Waals surface area contributed by atoms with Gasteiger partial charge in [-0.05, 0) is 30.7 Å². The van der Waals surface area contributed by atoms with Crippen LogP contribution in [0, 0.1) is 0 Å². The molecule has 0 bridgehead atoms. The Labute approximate surface area is 167 Å². The summed E-state index contributed by atoms with van der Waals surface area (Å²) in [5, 5.41) is 4.61. The molecule has 0 spiro atoms. The van der Waals surface area contributed by atoms with Crippen LogP contribution in [0.1, 0.15) is 18.2 Å². The minimum atomic E-state index is -0.689. The number of carbonyl (C=O) groups is 1. The Bertz CT molecular complexity index is 929. The van der Waals surface area contributed by atoms with E-state index < -0.39 is 6.04 Å². The molecule has 2 aromatic rings. The van der Waals surface area contributed by atoms with Gasteiger partial charge in [0.25, 0.3) is 0 Å². The third kappa shape index (κ3) is 3.53. The van der Waals surface area contributed by atoms with Crippen molar-refractivity contribution in [2.24, 2.45) is 5.73 Å². The van der Waals surface area contributed by atoms with Crippen molar-refractivity contribution < 1.29 is 14.3 Å². The van der Waals surface area contributed by atoms with Gasteiger partial charge in [-0.25, -0.2) is 4.09 Å². The molecule has 1 atom stereocenters. The van der Waals surface area contributed by atoms with Crippen molar-refractivity contribution in [3.8, 4) is 11.5 Å². The maximum absolute atomic E-state index is 12.6. The average molecular weight is 398 g/mol. The summed E-state index contributed by atoms with van der Waals surface area (Å²) in [5.74, 6) is 1.41. The largest absolute Gasteiger partial charge is 0.486 e. The first kappa shape index (κ1) is 18.6. The Balaban J connectivity index is 1.43. The highest BCUT2D eigenvalue weighted by Gasteiger charge is 2.30. The first-order chi connectivity index (χ1) is 13.6. The number of benzene rings is 1. The number of ether oxygens (including phenoxy) is 2. The number of nitrogens with zero attached hydrogens (tertiary/aromatic N) is 3. The molecule has 1 aromatic heterocycles. The number of fused-ring (bicyclic) bond motifs is 2. The van der Waals surface area contributed by atoms with E-state index in [2.05, 4.69) is 11.7 Å². The van der Waals surface area contributed by atoms with E-state index in [0.29, 0.717) is 26.3 Å². The predicted molar refractivity (Wildman–Crippen MR) is 107 cm³/mol. The molecule has 146 valence electrons. The van der Waals surface area contributed by atoms with Gasteiger partial charge in [0.05, 0.1) is 12.2 Å². The van der Waals surface area contributed by atoms with Crippen LogP contribution in [0.4, 0.5) is 0 Å². The minimum absolute atomic E-state index is 0.114. The second kappa shape index (κ2) is 7.73. The highest BCUT2D eigenvalue weighted by Crippen LogP contribution is 2.35. The molecule has 2 aliphatic heterocycles. The third-order valence-electron chi connectivity index (χ3n) is 4.78. The molecule has 4 rings (SSSR count). The van der Waals surface area contributed by atoms with Crippen LogP contribution >= 0.6 is 11.9 Å². The molecule has 2 N–H and O–H groups in total. The molecule has 0 fully saturated rings. The zero-order chi connectivity index (χ0) is 19.7. The molecule has 1 aromatic carbocycles. The molecule has 28 heavy (non-hydrogen) atoms. The molecule has 0 radical (unpaired) electrons. The van der Waals surface area contributed by atoms with Crippen LogP contribution in [-0.4, -0.2) is 39.2 Å². The Morgan fingerprint density at radius 3 is 2.82 bits per heavy atom. The van der Waals surface area contributed by atoms with Gasteiger partial charge in [0.2, 0.25) is 5.91 Å². The van der Waals surface area contributed by atoms with Crippen LogP contribution in [-0.2, 0) is 17.9 Å². The highest BCUT2D eigenvalue weighted by molar-refractivity contribution is 7.97. The van der Waals surface area contributed by atoms with Crippen molar-refractivity contribution in [3.63, 3.8) is 0 Å². The molecule has 0 saturated carbocycles. The van der Waals surface area contributed by atoms with Gasteiger partial charge in [0.1, 0.15) is 19.3 Å². The zero-order valence-corrected chi connectivity index (χ0v) is 16.4. The van der Waals surface area contributed by atoms with Crippen molar-refractivity contribution in [1.82, 2.24) is 14.1 Å². The normalized spacial score (nSPS) is 16.6. The molecule has 7 nitrogen and oxygen atoms in total. The van der Waals surface area contributed by atoms with Crippen molar-refractivity contribution in [2.45, 2.75) is 31.0 Å². The fourth-order valence-electron chi connectivity index (χ4n) is 3.28. The van der Waals surface area contributed by atoms with Crippen LogP contribution in [0.5, 0.6) is 11.5 Å². The average Bonchev–Trinajstić information content (AvgIpc) is 3.26. The van der Waals surface area contributed by atoms with E-state index >= 15 is 0 Å². The fraction of sp³-hybridized carbons (Fsp3) is 0.300. The lowest BCUT2D eigenvalue weighted by atomic mass is 10.1. The Morgan fingerprint density at radius 2 is 2.11 bits per heavy atom. The number of hydrogen-bond acceptors (Lipinski definition) is 6. The molecule has 0 aliphatic carbocycles. The summed E-state index contributed by atoms with van der Waals surface area (Å²) in [4.78, 5) is 15.4. The predicted octanol–water partition coefficient (Wildman–Crippen LogP) is 2.51. The number of nitrogens with two attached hydrogens (primary N) is 1. The molecule has 2 aliphatic rings. The minimum Gasteiger partial charge on any atom is -0.486 e. The number of hydrogen-bond donors (Lipinski definition) is 1. The van der Waals surface area contributed by atoms with Crippen LogP contribution in [0.2, 0.25) is 0 Å². The SMILES string of the molecule is C=C/C(=C/C)C(N)C(=O)N1Cc2cn(Sc3ccc4c(c3)OCCO4)nc2C1. The van der Waals surface area contributed by atoms with E-state index in [1.54, 1.807) is 11.0 Å². The lowest BCUT2D eigenvalue weighted by molar-refractivity contribution is -0.132. The lowest BCUT2D eigenvalue weighted by Gasteiger charge is -2.21. The molecule has 8 heteroatoms. The van der Waals surface area contributed by atoms with E-state index in [9.17, 15) is 4.79 Å². The summed E-state index contributed by atoms with van der Waals surface area (Å²) in [7, 11) is 0. The summed E-state index contributed by atoms with van der Waals surface area (Å²) in [6, 6.07) is 5.15. The van der Waals surface area contributed by atoms with E-state index in [0.717, 1.165) is 33.2 Å². The summed E-state index contributed by atoms with van der Waals surface area (Å²) < 4.78 is 13.0. The van der Waals surface area contributed by atoms with E-state index in [1.165, 1.54) is 11.9 Å². The standard InChI is InChI=1S/C20H22N4O3S/c1-3-13(4-2)19(21)20(25)23-10-14-11-24(22-16(14)12-23)28-15-5-6-17-18(9-15)27-8-7-26-17/h3-6,9,11,19H,1,7-8,10,12,21H2,2H3/b13-4-. The molecule has 0 saturated heterocycles. The van der Waals surface area contributed by atoms with Gasteiger partial charge < -0.3 is 20.1 Å². The Kier molecular flexibility index (Phi) is 5.15. The third-order valence-corrected chi connectivity index (χ3v) is 5.62. The van der Waals surface area contributed by atoms with Gasteiger partial charge in [-0.15, -0.1) is 0 Å². The van der Waals surface area contributed by atoms with Gasteiger partial charge in [-0.3, -0.25) is 4.79 Å². The van der Waals surface area contributed by atoms with Crippen LogP contribution in [0.3, 0.4) is 0 Å². The Hall–Kier alpha value is -2.71. The number of aromatic nitrogens is 2.